The van der Waals surface area contributed by atoms with Gasteiger partial charge in [0.1, 0.15) is 5.75 Å². The molecular formula is C21H21N3O3S. The van der Waals surface area contributed by atoms with Crippen LogP contribution in [0, 0.1) is 0 Å². The van der Waals surface area contributed by atoms with Crippen molar-refractivity contribution >= 4 is 28.6 Å². The topological polar surface area (TPSA) is 73.2 Å². The quantitative estimate of drug-likeness (QED) is 0.687. The van der Waals surface area contributed by atoms with Crippen LogP contribution in [0.4, 0.5) is 0 Å². The zero-order valence-corrected chi connectivity index (χ0v) is 16.4. The second-order valence-corrected chi connectivity index (χ2v) is 7.82. The lowest BCUT2D eigenvalue weighted by atomic mass is 10.2. The SMILES string of the molecule is COc1cccc(-n2c(SC3CCCCNC3=O)nc3ccccc3c2=O)c1. The Morgan fingerprint density at radius 2 is 2.00 bits per heavy atom. The van der Waals surface area contributed by atoms with E-state index in [2.05, 4.69) is 5.32 Å². The largest absolute Gasteiger partial charge is 0.497 e. The summed E-state index contributed by atoms with van der Waals surface area (Å²) in [6.07, 6.45) is 2.70. The highest BCUT2D eigenvalue weighted by Crippen LogP contribution is 2.29. The van der Waals surface area contributed by atoms with Gasteiger partial charge in [0, 0.05) is 12.6 Å². The highest BCUT2D eigenvalue weighted by Gasteiger charge is 2.25. The number of nitrogens with one attached hydrogen (secondary N) is 1. The minimum absolute atomic E-state index is 0.00194. The van der Waals surface area contributed by atoms with Gasteiger partial charge in [0.05, 0.1) is 29.0 Å². The van der Waals surface area contributed by atoms with E-state index in [1.807, 2.05) is 36.4 Å². The molecule has 0 spiro atoms. The van der Waals surface area contributed by atoms with Gasteiger partial charge in [-0.1, -0.05) is 36.4 Å². The molecule has 6 nitrogen and oxygen atoms in total. The van der Waals surface area contributed by atoms with Crippen molar-refractivity contribution in [3.63, 3.8) is 0 Å². The Hall–Kier alpha value is -2.80. The molecule has 7 heteroatoms. The number of para-hydroxylation sites is 1. The summed E-state index contributed by atoms with van der Waals surface area (Å²) in [6.45, 7) is 0.698. The molecule has 0 bridgehead atoms. The van der Waals surface area contributed by atoms with Crippen molar-refractivity contribution in [2.24, 2.45) is 0 Å². The first-order valence-electron chi connectivity index (χ1n) is 9.28. The molecule has 1 aromatic heterocycles. The van der Waals surface area contributed by atoms with Crippen molar-refractivity contribution in [2.45, 2.75) is 29.7 Å². The Bertz CT molecular complexity index is 1080. The lowest BCUT2D eigenvalue weighted by Crippen LogP contribution is -2.31. The summed E-state index contributed by atoms with van der Waals surface area (Å²) in [5.41, 5.74) is 1.14. The van der Waals surface area contributed by atoms with E-state index in [1.165, 1.54) is 11.8 Å². The highest BCUT2D eigenvalue weighted by molar-refractivity contribution is 8.00. The molecule has 0 saturated carbocycles. The molecule has 3 aromatic rings. The van der Waals surface area contributed by atoms with Gasteiger partial charge in [-0.3, -0.25) is 14.2 Å². The molecule has 1 amide bonds. The average molecular weight is 395 g/mol. The number of carbonyl (C=O) groups is 1. The van der Waals surface area contributed by atoms with E-state index in [1.54, 1.807) is 23.8 Å². The maximum Gasteiger partial charge on any atom is 0.266 e. The van der Waals surface area contributed by atoms with Gasteiger partial charge in [0.25, 0.3) is 5.56 Å². The van der Waals surface area contributed by atoms with Crippen LogP contribution in [0.3, 0.4) is 0 Å². The van der Waals surface area contributed by atoms with Crippen LogP contribution in [0.2, 0.25) is 0 Å². The number of thioether (sulfide) groups is 1. The molecule has 1 atom stereocenters. The fraction of sp³-hybridized carbons (Fsp3) is 0.286. The Kier molecular flexibility index (Phi) is 5.34. The first-order chi connectivity index (χ1) is 13.7. The zero-order chi connectivity index (χ0) is 19.5. The molecule has 0 radical (unpaired) electrons. The van der Waals surface area contributed by atoms with Gasteiger partial charge in [0.2, 0.25) is 5.91 Å². The highest BCUT2D eigenvalue weighted by atomic mass is 32.2. The molecule has 144 valence electrons. The predicted molar refractivity (Wildman–Crippen MR) is 110 cm³/mol. The maximum atomic E-state index is 13.3. The minimum Gasteiger partial charge on any atom is -0.497 e. The van der Waals surface area contributed by atoms with Gasteiger partial charge >= 0.3 is 0 Å². The Labute approximate surface area is 166 Å². The molecule has 1 fully saturated rings. The molecule has 4 rings (SSSR count). The van der Waals surface area contributed by atoms with Gasteiger partial charge in [-0.15, -0.1) is 0 Å². The fourth-order valence-corrected chi connectivity index (χ4v) is 4.49. The Morgan fingerprint density at radius 3 is 2.86 bits per heavy atom. The lowest BCUT2D eigenvalue weighted by molar-refractivity contribution is -0.120. The van der Waals surface area contributed by atoms with E-state index in [9.17, 15) is 9.59 Å². The number of fused-ring (bicyclic) bond motifs is 1. The number of amides is 1. The average Bonchev–Trinajstić information content (AvgIpc) is 2.92. The summed E-state index contributed by atoms with van der Waals surface area (Å²) in [5.74, 6) is 0.655. The van der Waals surface area contributed by atoms with Gasteiger partial charge in [-0.25, -0.2) is 4.98 Å². The number of nitrogens with zero attached hydrogens (tertiary/aromatic N) is 2. The van der Waals surface area contributed by atoms with Crippen LogP contribution in [-0.4, -0.2) is 34.4 Å². The molecule has 2 heterocycles. The second-order valence-electron chi connectivity index (χ2n) is 6.65. The Balaban J connectivity index is 1.88. The first kappa shape index (κ1) is 18.6. The van der Waals surface area contributed by atoms with Crippen molar-refractivity contribution in [1.82, 2.24) is 14.9 Å². The summed E-state index contributed by atoms with van der Waals surface area (Å²) in [4.78, 5) is 30.5. The van der Waals surface area contributed by atoms with Gasteiger partial charge < -0.3 is 10.1 Å². The number of ether oxygens (including phenoxy) is 1. The van der Waals surface area contributed by atoms with E-state index in [0.717, 1.165) is 19.3 Å². The molecule has 28 heavy (non-hydrogen) atoms. The summed E-state index contributed by atoms with van der Waals surface area (Å²) in [7, 11) is 1.59. The second kappa shape index (κ2) is 8.06. The zero-order valence-electron chi connectivity index (χ0n) is 15.6. The number of rotatable bonds is 4. The van der Waals surface area contributed by atoms with Crippen molar-refractivity contribution in [2.75, 3.05) is 13.7 Å². The van der Waals surface area contributed by atoms with E-state index < -0.39 is 0 Å². The third-order valence-electron chi connectivity index (χ3n) is 4.79. The third kappa shape index (κ3) is 3.62. The number of benzene rings is 2. The monoisotopic (exact) mass is 395 g/mol. The molecule has 1 aliphatic rings. The molecular weight excluding hydrogens is 374 g/mol. The third-order valence-corrected chi connectivity index (χ3v) is 6.01. The van der Waals surface area contributed by atoms with Gasteiger partial charge in [0.15, 0.2) is 5.16 Å². The molecule has 1 saturated heterocycles. The van der Waals surface area contributed by atoms with Crippen LogP contribution in [0.1, 0.15) is 19.3 Å². The van der Waals surface area contributed by atoms with E-state index >= 15 is 0 Å². The van der Waals surface area contributed by atoms with E-state index in [-0.39, 0.29) is 16.7 Å². The molecule has 1 N–H and O–H groups in total. The minimum atomic E-state index is -0.271. The van der Waals surface area contributed by atoms with Crippen LogP contribution in [0.25, 0.3) is 16.6 Å². The van der Waals surface area contributed by atoms with Crippen LogP contribution in [0.15, 0.2) is 58.5 Å². The Morgan fingerprint density at radius 1 is 1.14 bits per heavy atom. The number of methoxy groups -OCH3 is 1. The molecule has 0 aliphatic carbocycles. The van der Waals surface area contributed by atoms with Crippen LogP contribution in [0.5, 0.6) is 5.75 Å². The van der Waals surface area contributed by atoms with Crippen molar-refractivity contribution < 1.29 is 9.53 Å². The van der Waals surface area contributed by atoms with E-state index in [0.29, 0.717) is 34.0 Å². The van der Waals surface area contributed by atoms with Crippen LogP contribution < -0.4 is 15.6 Å². The molecule has 2 aromatic carbocycles. The molecule has 1 unspecified atom stereocenters. The smallest absolute Gasteiger partial charge is 0.266 e. The van der Waals surface area contributed by atoms with Crippen molar-refractivity contribution in [3.05, 3.63) is 58.9 Å². The predicted octanol–water partition coefficient (Wildman–Crippen LogP) is 3.16. The van der Waals surface area contributed by atoms with Crippen molar-refractivity contribution in [1.29, 1.82) is 0 Å². The standard InChI is InChI=1S/C21H21N3O3S/c1-27-15-8-6-7-14(13-15)24-20(26)16-9-2-3-10-17(16)23-21(24)28-18-11-4-5-12-22-19(18)25/h2-3,6-10,13,18H,4-5,11-12H2,1H3,(H,22,25). The molecule has 1 aliphatic heterocycles. The number of hydrogen-bond acceptors (Lipinski definition) is 5. The van der Waals surface area contributed by atoms with Crippen LogP contribution in [-0.2, 0) is 4.79 Å². The number of carbonyl (C=O) groups excluding carboxylic acids is 1. The first-order valence-corrected chi connectivity index (χ1v) is 10.2. The maximum absolute atomic E-state index is 13.3. The summed E-state index contributed by atoms with van der Waals surface area (Å²) in [6, 6.07) is 14.6. The summed E-state index contributed by atoms with van der Waals surface area (Å²) in [5, 5.41) is 3.73. The number of aromatic nitrogens is 2. The number of hydrogen-bond donors (Lipinski definition) is 1. The fourth-order valence-electron chi connectivity index (χ4n) is 3.32. The van der Waals surface area contributed by atoms with Crippen molar-refractivity contribution in [3.8, 4) is 11.4 Å². The summed E-state index contributed by atoms with van der Waals surface area (Å²) < 4.78 is 6.90. The lowest BCUT2D eigenvalue weighted by Gasteiger charge is -2.17. The summed E-state index contributed by atoms with van der Waals surface area (Å²) >= 11 is 1.35. The van der Waals surface area contributed by atoms with E-state index in [4.69, 9.17) is 9.72 Å². The van der Waals surface area contributed by atoms with Gasteiger partial charge in [-0.2, -0.15) is 0 Å². The normalized spacial score (nSPS) is 17.2. The van der Waals surface area contributed by atoms with Crippen LogP contribution >= 0.6 is 11.8 Å². The van der Waals surface area contributed by atoms with Gasteiger partial charge in [-0.05, 0) is 37.1 Å².